The summed E-state index contributed by atoms with van der Waals surface area (Å²) in [4.78, 5) is 0. The Morgan fingerprint density at radius 1 is 0.400 bits per heavy atom. The third-order valence-corrected chi connectivity index (χ3v) is 15.6. The van der Waals surface area contributed by atoms with Gasteiger partial charge in [0.2, 0.25) is 0 Å². The molecule has 264 valence electrons. The largest absolute Gasteiger partial charge is 0.0619 e. The summed E-state index contributed by atoms with van der Waals surface area (Å²) < 4.78 is 0. The van der Waals surface area contributed by atoms with E-state index in [-0.39, 0.29) is 10.8 Å². The molecule has 4 fully saturated rings. The van der Waals surface area contributed by atoms with Crippen LogP contribution >= 0.6 is 0 Å². The minimum atomic E-state index is -0.0475. The number of benzene rings is 8. The van der Waals surface area contributed by atoms with Crippen LogP contribution in [-0.4, -0.2) is 0 Å². The number of fused-ring (bicyclic) bond motifs is 10. The summed E-state index contributed by atoms with van der Waals surface area (Å²) >= 11 is 0. The van der Waals surface area contributed by atoms with Crippen LogP contribution < -0.4 is 0 Å². The third kappa shape index (κ3) is 3.79. The number of hydrogen-bond donors (Lipinski definition) is 0. The van der Waals surface area contributed by atoms with E-state index in [0.717, 1.165) is 23.7 Å². The van der Waals surface area contributed by atoms with Crippen molar-refractivity contribution in [1.82, 2.24) is 0 Å². The quantitative estimate of drug-likeness (QED) is 0.157. The fraction of sp³-hybridized carbons (Fsp3) is 0.236. The second kappa shape index (κ2) is 10.6. The molecule has 6 aliphatic rings. The molecular formula is C55H44. The molecule has 4 saturated carbocycles. The summed E-state index contributed by atoms with van der Waals surface area (Å²) in [6.45, 7) is 4.78. The molecule has 0 nitrogen and oxygen atoms in total. The predicted octanol–water partition coefficient (Wildman–Crippen LogP) is 14.5. The van der Waals surface area contributed by atoms with Gasteiger partial charge in [0.15, 0.2) is 0 Å². The Morgan fingerprint density at radius 2 is 0.982 bits per heavy atom. The van der Waals surface area contributed by atoms with E-state index in [1.54, 1.807) is 11.1 Å². The molecule has 0 atom stereocenters. The van der Waals surface area contributed by atoms with Gasteiger partial charge in [-0.3, -0.25) is 0 Å². The number of hydrogen-bond acceptors (Lipinski definition) is 0. The van der Waals surface area contributed by atoms with Gasteiger partial charge in [0.25, 0.3) is 0 Å². The van der Waals surface area contributed by atoms with Crippen LogP contribution in [0.5, 0.6) is 0 Å². The normalized spacial score (nSPS) is 24.8. The summed E-state index contributed by atoms with van der Waals surface area (Å²) in [7, 11) is 0. The number of rotatable bonds is 2. The molecule has 0 saturated heterocycles. The molecular weight excluding hydrogens is 661 g/mol. The standard InChI is InChI=1S/C55H44/c1-54(2)47-20-10-9-18-44(47)52-45(19-11-21-49(52)54)51-41-16-7-5-14-39(41)50(40-15-6-8-17-42(40)51)35-23-25-48-46(31-35)43-24-22-34-12-3-4-13-38(34)53(43)55(48)36-27-32-26-33(29-36)30-37(55)28-32/h3-25,31-33,36-37H,26-30H2,1-2H3. The first kappa shape index (κ1) is 30.8. The zero-order valence-electron chi connectivity index (χ0n) is 31.7. The summed E-state index contributed by atoms with van der Waals surface area (Å²) in [5, 5.41) is 8.21. The van der Waals surface area contributed by atoms with Gasteiger partial charge >= 0.3 is 0 Å². The first-order valence-electron chi connectivity index (χ1n) is 20.9. The zero-order valence-corrected chi connectivity index (χ0v) is 31.7. The molecule has 4 bridgehead atoms. The molecule has 0 N–H and O–H groups in total. The minimum Gasteiger partial charge on any atom is -0.0619 e. The van der Waals surface area contributed by atoms with E-state index >= 15 is 0 Å². The van der Waals surface area contributed by atoms with Gasteiger partial charge in [0.1, 0.15) is 0 Å². The van der Waals surface area contributed by atoms with Crippen molar-refractivity contribution in [3.63, 3.8) is 0 Å². The topological polar surface area (TPSA) is 0 Å². The second-order valence-electron chi connectivity index (χ2n) is 18.4. The van der Waals surface area contributed by atoms with Crippen LogP contribution in [0.25, 0.3) is 76.8 Å². The van der Waals surface area contributed by atoms with Gasteiger partial charge in [-0.2, -0.15) is 0 Å². The van der Waals surface area contributed by atoms with E-state index in [2.05, 4.69) is 159 Å². The van der Waals surface area contributed by atoms with E-state index in [1.165, 1.54) is 120 Å². The van der Waals surface area contributed by atoms with Crippen molar-refractivity contribution in [2.75, 3.05) is 0 Å². The summed E-state index contributed by atoms with van der Waals surface area (Å²) in [6, 6.07) is 56.6. The first-order valence-corrected chi connectivity index (χ1v) is 20.9. The van der Waals surface area contributed by atoms with Crippen LogP contribution in [-0.2, 0) is 10.8 Å². The monoisotopic (exact) mass is 704 g/mol. The van der Waals surface area contributed by atoms with E-state index in [0.29, 0.717) is 0 Å². The highest BCUT2D eigenvalue weighted by molar-refractivity contribution is 6.23. The summed E-state index contributed by atoms with van der Waals surface area (Å²) in [6.07, 6.45) is 7.08. The molecule has 6 aliphatic carbocycles. The molecule has 0 amide bonds. The lowest BCUT2D eigenvalue weighted by atomic mass is 9.43. The lowest BCUT2D eigenvalue weighted by molar-refractivity contribution is -0.0393. The summed E-state index contributed by atoms with van der Waals surface area (Å²) in [5.74, 6) is 3.33. The third-order valence-electron chi connectivity index (χ3n) is 15.6. The van der Waals surface area contributed by atoms with Gasteiger partial charge in [-0.15, -0.1) is 0 Å². The van der Waals surface area contributed by atoms with Crippen LogP contribution in [0.4, 0.5) is 0 Å². The maximum Gasteiger partial charge on any atom is 0.0278 e. The van der Waals surface area contributed by atoms with E-state index < -0.39 is 0 Å². The van der Waals surface area contributed by atoms with Gasteiger partial charge in [-0.05, 0) is 161 Å². The molecule has 14 rings (SSSR count). The Morgan fingerprint density at radius 3 is 1.69 bits per heavy atom. The Bertz CT molecular complexity index is 2890. The lowest BCUT2D eigenvalue weighted by Crippen LogP contribution is -2.55. The average Bonchev–Trinajstić information content (AvgIpc) is 3.64. The molecule has 0 heteroatoms. The second-order valence-corrected chi connectivity index (χ2v) is 18.4. The van der Waals surface area contributed by atoms with Crippen molar-refractivity contribution >= 4 is 32.3 Å². The van der Waals surface area contributed by atoms with Crippen LogP contribution in [0, 0.1) is 23.7 Å². The highest BCUT2D eigenvalue weighted by atomic mass is 14.6. The van der Waals surface area contributed by atoms with Crippen LogP contribution in [0.15, 0.2) is 146 Å². The zero-order chi connectivity index (χ0) is 36.2. The minimum absolute atomic E-state index is 0.0475. The molecule has 0 heterocycles. The van der Waals surface area contributed by atoms with Gasteiger partial charge in [0.05, 0.1) is 0 Å². The van der Waals surface area contributed by atoms with E-state index in [4.69, 9.17) is 0 Å². The van der Waals surface area contributed by atoms with Crippen molar-refractivity contribution in [3.8, 4) is 44.5 Å². The van der Waals surface area contributed by atoms with E-state index in [1.807, 2.05) is 0 Å². The molecule has 8 aromatic rings. The molecule has 55 heavy (non-hydrogen) atoms. The molecule has 8 aromatic carbocycles. The lowest BCUT2D eigenvalue weighted by Gasteiger charge is -2.61. The Hall–Kier alpha value is -5.46. The van der Waals surface area contributed by atoms with Gasteiger partial charge in [0, 0.05) is 10.8 Å². The van der Waals surface area contributed by atoms with Gasteiger partial charge in [-0.25, -0.2) is 0 Å². The molecule has 1 spiro atoms. The predicted molar refractivity (Wildman–Crippen MR) is 231 cm³/mol. The van der Waals surface area contributed by atoms with Crippen LogP contribution in [0.2, 0.25) is 0 Å². The Labute approximate surface area is 323 Å². The molecule has 0 aliphatic heterocycles. The molecule has 0 aromatic heterocycles. The fourth-order valence-electron chi connectivity index (χ4n) is 13.8. The highest BCUT2D eigenvalue weighted by Crippen LogP contribution is 2.70. The van der Waals surface area contributed by atoms with Crippen LogP contribution in [0.3, 0.4) is 0 Å². The first-order chi connectivity index (χ1) is 27.0. The van der Waals surface area contributed by atoms with Gasteiger partial charge in [-0.1, -0.05) is 153 Å². The van der Waals surface area contributed by atoms with Crippen molar-refractivity contribution in [2.45, 2.75) is 56.8 Å². The SMILES string of the molecule is CC1(C)c2ccccc2-c2c(-c3c4ccccc4c(-c4ccc5c(c4)-c4ccc6ccccc6c4C54C5CC6CC(C5)CC4C6)c4ccccc34)cccc21. The summed E-state index contributed by atoms with van der Waals surface area (Å²) in [5.41, 5.74) is 17.4. The van der Waals surface area contributed by atoms with E-state index in [9.17, 15) is 0 Å². The van der Waals surface area contributed by atoms with Crippen molar-refractivity contribution in [3.05, 3.63) is 168 Å². The van der Waals surface area contributed by atoms with Crippen LogP contribution in [0.1, 0.15) is 68.2 Å². The molecule has 0 radical (unpaired) electrons. The maximum absolute atomic E-state index is 2.62. The van der Waals surface area contributed by atoms with Gasteiger partial charge < -0.3 is 0 Å². The smallest absolute Gasteiger partial charge is 0.0278 e. The average molecular weight is 705 g/mol. The molecule has 0 unspecified atom stereocenters. The Balaban J connectivity index is 1.09. The van der Waals surface area contributed by atoms with Crippen molar-refractivity contribution in [2.24, 2.45) is 23.7 Å². The highest BCUT2D eigenvalue weighted by Gasteiger charge is 2.62. The van der Waals surface area contributed by atoms with Crippen molar-refractivity contribution < 1.29 is 0 Å². The Kier molecular flexibility index (Phi) is 5.96. The van der Waals surface area contributed by atoms with Crippen molar-refractivity contribution in [1.29, 1.82) is 0 Å². The fourth-order valence-corrected chi connectivity index (χ4v) is 13.8. The maximum atomic E-state index is 2.62.